The van der Waals surface area contributed by atoms with Gasteiger partial charge in [0.05, 0.1) is 40.2 Å². The van der Waals surface area contributed by atoms with Gasteiger partial charge >= 0.3 is 0 Å². The highest BCUT2D eigenvalue weighted by molar-refractivity contribution is 6.11. The minimum atomic E-state index is 0.586. The number of imidazole rings is 1. The van der Waals surface area contributed by atoms with Crippen molar-refractivity contribution in [1.82, 2.24) is 29.1 Å². The van der Waals surface area contributed by atoms with Gasteiger partial charge in [-0.2, -0.15) is 0 Å². The summed E-state index contributed by atoms with van der Waals surface area (Å²) in [7, 11) is 2.04. The molecule has 0 aliphatic heterocycles. The average Bonchev–Trinajstić information content (AvgIpc) is 3.91. The fourth-order valence-electron chi connectivity index (χ4n) is 6.22. The number of fused-ring (bicyclic) bond motifs is 4. The smallest absolute Gasteiger partial charge is 0.225 e. The molecule has 0 aliphatic rings. The molecule has 0 unspecified atom stereocenters. The summed E-state index contributed by atoms with van der Waals surface area (Å²) in [5.41, 5.74) is 9.92. The zero-order valence-corrected chi connectivity index (χ0v) is 24.1. The summed E-state index contributed by atoms with van der Waals surface area (Å²) in [6.07, 6.45) is 8.33. The number of rotatable bonds is 5. The van der Waals surface area contributed by atoms with Crippen LogP contribution in [0.15, 0.2) is 137 Å². The summed E-state index contributed by atoms with van der Waals surface area (Å²) in [5.74, 6) is 2.05. The van der Waals surface area contributed by atoms with Crippen molar-refractivity contribution in [3.05, 3.63) is 128 Å². The lowest BCUT2D eigenvalue weighted by Gasteiger charge is -2.11. The molecule has 0 bridgehead atoms. The van der Waals surface area contributed by atoms with Crippen LogP contribution < -0.4 is 0 Å². The largest absolute Gasteiger partial charge is 0.445 e. The van der Waals surface area contributed by atoms with Crippen molar-refractivity contribution < 1.29 is 8.83 Å². The van der Waals surface area contributed by atoms with Gasteiger partial charge in [0.15, 0.2) is 0 Å². The van der Waals surface area contributed by atoms with Crippen LogP contribution in [-0.2, 0) is 7.05 Å². The van der Waals surface area contributed by atoms with E-state index in [9.17, 15) is 0 Å². The number of benzene rings is 4. The van der Waals surface area contributed by atoms with Gasteiger partial charge in [0, 0.05) is 52.0 Å². The molecule has 0 amide bonds. The summed E-state index contributed by atoms with van der Waals surface area (Å²) < 4.78 is 15.6. The molecule has 0 saturated heterocycles. The second-order valence-electron chi connectivity index (χ2n) is 10.9. The molecule has 9 aromatic rings. The molecular formula is C37H24N6O2. The monoisotopic (exact) mass is 584 g/mol. The summed E-state index contributed by atoms with van der Waals surface area (Å²) in [6, 6.07) is 33.5. The quantitative estimate of drug-likeness (QED) is 0.201. The first kappa shape index (κ1) is 25.2. The highest BCUT2D eigenvalue weighted by Gasteiger charge is 2.18. The van der Waals surface area contributed by atoms with Gasteiger partial charge in [-0.1, -0.05) is 30.3 Å². The number of aryl methyl sites for hydroxylation is 1. The SMILES string of the molecule is Cn1c(-c2ccc3c4cc(-c5ncco5)ccc4n(-c4cccc(-c5ccccn5)c4)c3c2)nc2ccc(-c3ncco3)cc21. The zero-order valence-electron chi connectivity index (χ0n) is 24.1. The highest BCUT2D eigenvalue weighted by atomic mass is 16.3. The third-order valence-electron chi connectivity index (χ3n) is 8.33. The van der Waals surface area contributed by atoms with Gasteiger partial charge in [0.25, 0.3) is 0 Å². The van der Waals surface area contributed by atoms with Gasteiger partial charge in [0.2, 0.25) is 11.8 Å². The van der Waals surface area contributed by atoms with E-state index in [0.717, 1.165) is 72.3 Å². The third kappa shape index (κ3) is 4.07. The number of hydrogen-bond donors (Lipinski definition) is 0. The van der Waals surface area contributed by atoms with Gasteiger partial charge in [-0.3, -0.25) is 4.98 Å². The van der Waals surface area contributed by atoms with Crippen LogP contribution in [0, 0.1) is 0 Å². The molecular weight excluding hydrogens is 560 g/mol. The molecule has 8 nitrogen and oxygen atoms in total. The Morgan fingerprint density at radius 3 is 2.11 bits per heavy atom. The van der Waals surface area contributed by atoms with Crippen molar-refractivity contribution in [2.24, 2.45) is 7.05 Å². The van der Waals surface area contributed by atoms with Crippen molar-refractivity contribution in [3.63, 3.8) is 0 Å². The van der Waals surface area contributed by atoms with Crippen molar-refractivity contribution in [3.8, 4) is 51.2 Å². The van der Waals surface area contributed by atoms with Crippen LogP contribution >= 0.6 is 0 Å². The molecule has 0 aliphatic carbocycles. The van der Waals surface area contributed by atoms with E-state index in [-0.39, 0.29) is 0 Å². The van der Waals surface area contributed by atoms with Crippen LogP contribution in [0.25, 0.3) is 84.1 Å². The van der Waals surface area contributed by atoms with E-state index >= 15 is 0 Å². The minimum Gasteiger partial charge on any atom is -0.445 e. The molecule has 5 aromatic heterocycles. The molecule has 0 saturated carbocycles. The number of hydrogen-bond acceptors (Lipinski definition) is 6. The Kier molecular flexibility index (Phi) is 5.55. The Bertz CT molecular complexity index is 2490. The predicted octanol–water partition coefficient (Wildman–Crippen LogP) is 8.71. The van der Waals surface area contributed by atoms with Crippen molar-refractivity contribution in [2.45, 2.75) is 0 Å². The average molecular weight is 585 g/mol. The fraction of sp³-hybridized carbons (Fsp3) is 0.0270. The Morgan fingerprint density at radius 1 is 0.556 bits per heavy atom. The second kappa shape index (κ2) is 9.89. The number of oxazole rings is 2. The molecule has 9 rings (SSSR count). The first-order chi connectivity index (χ1) is 22.2. The Morgan fingerprint density at radius 2 is 1.33 bits per heavy atom. The Balaban J connectivity index is 1.27. The van der Waals surface area contributed by atoms with E-state index < -0.39 is 0 Å². The van der Waals surface area contributed by atoms with E-state index in [1.54, 1.807) is 24.9 Å². The van der Waals surface area contributed by atoms with E-state index in [2.05, 4.69) is 90.8 Å². The Hall–Kier alpha value is -6.28. The van der Waals surface area contributed by atoms with Crippen molar-refractivity contribution in [1.29, 1.82) is 0 Å². The topological polar surface area (TPSA) is 87.7 Å². The molecule has 0 fully saturated rings. The summed E-state index contributed by atoms with van der Waals surface area (Å²) in [4.78, 5) is 18.3. The molecule has 5 heterocycles. The third-order valence-corrected chi connectivity index (χ3v) is 8.33. The van der Waals surface area contributed by atoms with Crippen molar-refractivity contribution >= 4 is 32.8 Å². The lowest BCUT2D eigenvalue weighted by atomic mass is 10.1. The first-order valence-electron chi connectivity index (χ1n) is 14.6. The maximum atomic E-state index is 5.64. The maximum absolute atomic E-state index is 5.64. The summed E-state index contributed by atoms with van der Waals surface area (Å²) in [6.45, 7) is 0. The van der Waals surface area contributed by atoms with E-state index in [1.807, 2.05) is 43.6 Å². The minimum absolute atomic E-state index is 0.586. The van der Waals surface area contributed by atoms with Gasteiger partial charge in [0.1, 0.15) is 18.4 Å². The number of aromatic nitrogens is 6. The van der Waals surface area contributed by atoms with Crippen LogP contribution in [0.3, 0.4) is 0 Å². The number of pyridine rings is 1. The fourth-order valence-corrected chi connectivity index (χ4v) is 6.22. The lowest BCUT2D eigenvalue weighted by Crippen LogP contribution is -1.96. The maximum Gasteiger partial charge on any atom is 0.225 e. The summed E-state index contributed by atoms with van der Waals surface area (Å²) >= 11 is 0. The molecule has 0 atom stereocenters. The Labute approximate surface area is 256 Å². The van der Waals surface area contributed by atoms with Gasteiger partial charge in [-0.25, -0.2) is 15.0 Å². The number of nitrogens with zero attached hydrogens (tertiary/aromatic N) is 6. The van der Waals surface area contributed by atoms with Crippen LogP contribution in [0.1, 0.15) is 0 Å². The molecule has 0 N–H and O–H groups in total. The van der Waals surface area contributed by atoms with Gasteiger partial charge < -0.3 is 18.0 Å². The van der Waals surface area contributed by atoms with Crippen LogP contribution in [0.5, 0.6) is 0 Å². The predicted molar refractivity (Wildman–Crippen MR) is 175 cm³/mol. The molecule has 0 radical (unpaired) electrons. The second-order valence-corrected chi connectivity index (χ2v) is 10.9. The standard InChI is InChI=1S/C37H24N6O2/c1-42-34-22-26(37-40-16-18-45-37)9-12-31(34)41-35(42)24-8-11-28-29-20-25(36-39-15-17-44-36)10-13-32(29)43(33(28)21-24)27-6-4-5-23(19-27)30-7-2-3-14-38-30/h2-22H,1H3. The van der Waals surface area contributed by atoms with E-state index in [0.29, 0.717) is 11.8 Å². The normalized spacial score (nSPS) is 11.7. The molecule has 8 heteroatoms. The summed E-state index contributed by atoms with van der Waals surface area (Å²) in [5, 5.41) is 2.23. The van der Waals surface area contributed by atoms with Gasteiger partial charge in [-0.15, -0.1) is 0 Å². The van der Waals surface area contributed by atoms with Crippen LogP contribution in [0.2, 0.25) is 0 Å². The molecule has 0 spiro atoms. The first-order valence-corrected chi connectivity index (χ1v) is 14.6. The van der Waals surface area contributed by atoms with E-state index in [4.69, 9.17) is 13.8 Å². The molecule has 4 aromatic carbocycles. The lowest BCUT2D eigenvalue weighted by molar-refractivity contribution is 0.574. The zero-order chi connectivity index (χ0) is 29.9. The molecule has 45 heavy (non-hydrogen) atoms. The van der Waals surface area contributed by atoms with Crippen LogP contribution in [-0.4, -0.2) is 29.1 Å². The van der Waals surface area contributed by atoms with E-state index in [1.165, 1.54) is 0 Å². The van der Waals surface area contributed by atoms with Crippen LogP contribution in [0.4, 0.5) is 0 Å². The molecule has 214 valence electrons. The van der Waals surface area contributed by atoms with Crippen molar-refractivity contribution in [2.75, 3.05) is 0 Å². The van der Waals surface area contributed by atoms with Gasteiger partial charge in [-0.05, 0) is 66.7 Å². The highest BCUT2D eigenvalue weighted by Crippen LogP contribution is 2.38.